The Balaban J connectivity index is 3.22. The summed E-state index contributed by atoms with van der Waals surface area (Å²) in [4.78, 5) is 0. The smallest absolute Gasteiger partial charge is 0.0847 e. The molecule has 0 amide bonds. The number of benzene rings is 1. The molecule has 0 radical (unpaired) electrons. The Bertz CT molecular complexity index is 463. The van der Waals surface area contributed by atoms with Gasteiger partial charge in [-0.25, -0.2) is 3.21 Å². The summed E-state index contributed by atoms with van der Waals surface area (Å²) in [6, 6.07) is 9.99. The van der Waals surface area contributed by atoms with Gasteiger partial charge in [0.2, 0.25) is 0 Å². The summed E-state index contributed by atoms with van der Waals surface area (Å²) in [7, 11) is 0. The van der Waals surface area contributed by atoms with E-state index in [-0.39, 0.29) is 0 Å². The van der Waals surface area contributed by atoms with Gasteiger partial charge in [-0.3, -0.25) is 0 Å². The number of nitrogens with zero attached hydrogens (tertiary/aromatic N) is 1. The van der Waals surface area contributed by atoms with Gasteiger partial charge in [-0.05, 0) is 6.08 Å². The summed E-state index contributed by atoms with van der Waals surface area (Å²) < 4.78 is 4.27. The van der Waals surface area contributed by atoms with Gasteiger partial charge in [0.1, 0.15) is 0 Å². The molecule has 0 spiro atoms. The first-order valence-electron chi connectivity index (χ1n) is 4.76. The predicted octanol–water partition coefficient (Wildman–Crippen LogP) is 4.28. The molecule has 0 N–H and O–H groups in total. The quantitative estimate of drug-likeness (QED) is 0.340. The van der Waals surface area contributed by atoms with Crippen LogP contribution in [0.15, 0.2) is 76.2 Å². The van der Waals surface area contributed by atoms with Crippen LogP contribution in [0.1, 0.15) is 5.56 Å². The van der Waals surface area contributed by atoms with Crippen molar-refractivity contribution < 1.29 is 0 Å². The molecule has 80 valence electrons. The fraction of sp³-hybridized carbons (Fsp3) is 0. The first-order valence-corrected chi connectivity index (χ1v) is 5.73. The second kappa shape index (κ2) is 6.99. The van der Waals surface area contributed by atoms with Crippen molar-refractivity contribution >= 4 is 28.6 Å². The number of hydrogen-bond acceptors (Lipinski definition) is 1. The minimum absolute atomic E-state index is 0.900. The average molecular weight is 321 g/mol. The van der Waals surface area contributed by atoms with Gasteiger partial charge in [-0.1, -0.05) is 55.6 Å². The summed E-state index contributed by atoms with van der Waals surface area (Å²) >= 11 is 1.99. The van der Waals surface area contributed by atoms with Crippen molar-refractivity contribution in [1.82, 2.24) is 0 Å². The highest BCUT2D eigenvalue weighted by Gasteiger charge is 2.05. The van der Waals surface area contributed by atoms with E-state index in [0.717, 1.165) is 16.8 Å². The van der Waals surface area contributed by atoms with E-state index in [1.165, 1.54) is 0 Å². The van der Waals surface area contributed by atoms with Crippen LogP contribution in [0.5, 0.6) is 0 Å². The minimum Gasteiger partial charge on any atom is -0.214 e. The van der Waals surface area contributed by atoms with E-state index in [9.17, 15) is 0 Å². The van der Waals surface area contributed by atoms with Crippen LogP contribution in [0, 0.1) is 0 Å². The van der Waals surface area contributed by atoms with Gasteiger partial charge in [-0.2, -0.15) is 0 Å². The molecule has 0 aliphatic rings. The van der Waals surface area contributed by atoms with Gasteiger partial charge in [0.25, 0.3) is 0 Å². The lowest BCUT2D eigenvalue weighted by Crippen LogP contribution is -2.01. The van der Waals surface area contributed by atoms with E-state index >= 15 is 0 Å². The zero-order valence-electron chi connectivity index (χ0n) is 8.86. The molecular formula is C14H12IN. The van der Waals surface area contributed by atoms with Gasteiger partial charge in [0.05, 0.1) is 28.6 Å². The topological polar surface area (TPSA) is 12.4 Å². The molecule has 0 bridgehead atoms. The Morgan fingerprint density at radius 1 is 1.31 bits per heavy atom. The molecule has 0 aliphatic carbocycles. The Kier molecular flexibility index (Phi) is 5.54. The van der Waals surface area contributed by atoms with Gasteiger partial charge in [0.15, 0.2) is 0 Å². The summed E-state index contributed by atoms with van der Waals surface area (Å²) in [6.45, 7) is 7.27. The fourth-order valence-corrected chi connectivity index (χ4v) is 1.85. The molecule has 16 heavy (non-hydrogen) atoms. The Labute approximate surface area is 110 Å². The summed E-state index contributed by atoms with van der Waals surface area (Å²) in [6.07, 6.45) is 5.42. The lowest BCUT2D eigenvalue weighted by atomic mass is 10.0. The molecule has 1 rings (SSSR count). The SMILES string of the molecule is C=C=CC(=C\C=C)/C(=N/I)c1ccccc1. The third kappa shape index (κ3) is 3.33. The molecule has 0 saturated carbocycles. The van der Waals surface area contributed by atoms with Crippen LogP contribution < -0.4 is 0 Å². The molecule has 1 aromatic carbocycles. The van der Waals surface area contributed by atoms with Crippen LogP contribution in [0.4, 0.5) is 0 Å². The van der Waals surface area contributed by atoms with Crippen molar-refractivity contribution in [2.24, 2.45) is 3.21 Å². The van der Waals surface area contributed by atoms with Gasteiger partial charge in [0, 0.05) is 11.1 Å². The van der Waals surface area contributed by atoms with E-state index in [1.54, 1.807) is 12.2 Å². The third-order valence-corrected chi connectivity index (χ3v) is 2.44. The highest BCUT2D eigenvalue weighted by Crippen LogP contribution is 2.13. The van der Waals surface area contributed by atoms with Crippen molar-refractivity contribution in [3.8, 4) is 0 Å². The van der Waals surface area contributed by atoms with Crippen molar-refractivity contribution in [2.75, 3.05) is 0 Å². The van der Waals surface area contributed by atoms with E-state index in [1.807, 2.05) is 59.3 Å². The highest BCUT2D eigenvalue weighted by atomic mass is 127. The Hall–Kier alpha value is -1.38. The lowest BCUT2D eigenvalue weighted by Gasteiger charge is -2.04. The van der Waals surface area contributed by atoms with Crippen molar-refractivity contribution in [2.45, 2.75) is 0 Å². The van der Waals surface area contributed by atoms with E-state index in [4.69, 9.17) is 0 Å². The van der Waals surface area contributed by atoms with Crippen molar-refractivity contribution in [3.63, 3.8) is 0 Å². The Morgan fingerprint density at radius 3 is 2.50 bits per heavy atom. The predicted molar refractivity (Wildman–Crippen MR) is 79.0 cm³/mol. The standard InChI is InChI=1S/C14H12IN/c1-3-8-12(9-4-2)14(16-15)13-10-6-5-7-11-13/h3,5-11H,1-2H2/b12-8+,16-14-. The van der Waals surface area contributed by atoms with E-state index in [2.05, 4.69) is 22.1 Å². The highest BCUT2D eigenvalue weighted by molar-refractivity contribution is 14.1. The number of halogens is 1. The second-order valence-electron chi connectivity index (χ2n) is 3.01. The van der Waals surface area contributed by atoms with Crippen LogP contribution in [0.3, 0.4) is 0 Å². The van der Waals surface area contributed by atoms with Crippen LogP contribution in [0.2, 0.25) is 0 Å². The minimum atomic E-state index is 0.900. The zero-order chi connectivity index (χ0) is 11.8. The molecule has 0 saturated heterocycles. The molecule has 0 aliphatic heterocycles. The van der Waals surface area contributed by atoms with E-state index in [0.29, 0.717) is 0 Å². The molecule has 0 fully saturated rings. The monoisotopic (exact) mass is 321 g/mol. The average Bonchev–Trinajstić information content (AvgIpc) is 2.32. The van der Waals surface area contributed by atoms with Crippen LogP contribution >= 0.6 is 22.9 Å². The molecule has 0 heterocycles. The molecule has 1 aromatic rings. The molecule has 2 heteroatoms. The van der Waals surface area contributed by atoms with Crippen LogP contribution in [-0.2, 0) is 0 Å². The summed E-state index contributed by atoms with van der Waals surface area (Å²) in [5.74, 6) is 0. The maximum Gasteiger partial charge on any atom is 0.0847 e. The fourth-order valence-electron chi connectivity index (χ4n) is 1.29. The van der Waals surface area contributed by atoms with Crippen LogP contribution in [0.25, 0.3) is 0 Å². The van der Waals surface area contributed by atoms with Crippen molar-refractivity contribution in [1.29, 1.82) is 0 Å². The number of allylic oxidation sites excluding steroid dienone is 4. The largest absolute Gasteiger partial charge is 0.214 e. The van der Waals surface area contributed by atoms with E-state index < -0.39 is 0 Å². The lowest BCUT2D eigenvalue weighted by molar-refractivity contribution is 1.61. The first kappa shape index (κ1) is 12.7. The van der Waals surface area contributed by atoms with Gasteiger partial charge < -0.3 is 0 Å². The van der Waals surface area contributed by atoms with Crippen molar-refractivity contribution in [3.05, 3.63) is 78.6 Å². The zero-order valence-corrected chi connectivity index (χ0v) is 11.0. The summed E-state index contributed by atoms with van der Waals surface area (Å²) in [5, 5.41) is 0. The molecule has 1 nitrogen and oxygen atoms in total. The second-order valence-corrected chi connectivity index (χ2v) is 3.49. The molecule has 0 unspecified atom stereocenters. The molecular weight excluding hydrogens is 309 g/mol. The molecule has 0 aromatic heterocycles. The van der Waals surface area contributed by atoms with Gasteiger partial charge >= 0.3 is 0 Å². The summed E-state index contributed by atoms with van der Waals surface area (Å²) in [5.41, 5.74) is 5.68. The van der Waals surface area contributed by atoms with Gasteiger partial charge in [-0.15, -0.1) is 5.73 Å². The maximum absolute atomic E-state index is 4.27. The molecule has 0 atom stereocenters. The van der Waals surface area contributed by atoms with Crippen LogP contribution in [-0.4, -0.2) is 5.71 Å². The maximum atomic E-state index is 4.27. The number of hydrogen-bond donors (Lipinski definition) is 0. The number of rotatable bonds is 4. The Morgan fingerprint density at radius 2 is 2.00 bits per heavy atom. The first-order chi connectivity index (χ1) is 7.83. The third-order valence-electron chi connectivity index (χ3n) is 1.96. The normalized spacial score (nSPS) is 11.8.